The van der Waals surface area contributed by atoms with Crippen molar-refractivity contribution in [2.45, 2.75) is 64.8 Å². The smallest absolute Gasteiger partial charge is 0.303 e. The first-order valence-corrected chi connectivity index (χ1v) is 10.8. The molecule has 1 fully saturated rings. The molecule has 0 aliphatic carbocycles. The van der Waals surface area contributed by atoms with E-state index in [-0.39, 0.29) is 19.0 Å². The first kappa shape index (κ1) is 25.7. The topological polar surface area (TPSA) is 158 Å². The van der Waals surface area contributed by atoms with E-state index in [2.05, 4.69) is 15.5 Å². The molecule has 0 unspecified atom stereocenters. The largest absolute Gasteiger partial charge is 0.463 e. The van der Waals surface area contributed by atoms with Gasteiger partial charge in [-0.3, -0.25) is 19.2 Å². The van der Waals surface area contributed by atoms with Crippen LogP contribution in [0.25, 0.3) is 0 Å². The van der Waals surface area contributed by atoms with E-state index in [1.54, 1.807) is 0 Å². The lowest BCUT2D eigenvalue weighted by Gasteiger charge is -2.43. The van der Waals surface area contributed by atoms with Crippen LogP contribution in [-0.4, -0.2) is 75.1 Å². The molecule has 35 heavy (non-hydrogen) atoms. The van der Waals surface area contributed by atoms with E-state index in [4.69, 9.17) is 23.7 Å². The Morgan fingerprint density at radius 1 is 0.857 bits per heavy atom. The van der Waals surface area contributed by atoms with Gasteiger partial charge >= 0.3 is 23.9 Å². The lowest BCUT2D eigenvalue weighted by molar-refractivity contribution is -0.256. The fraction of sp³-hybridized carbons (Fsp3) is 0.500. The lowest BCUT2D eigenvalue weighted by atomic mass is 9.93. The minimum atomic E-state index is -1.30. The highest BCUT2D eigenvalue weighted by Crippen LogP contribution is 2.37. The Morgan fingerprint density at radius 2 is 1.46 bits per heavy atom. The average Bonchev–Trinajstić information content (AvgIpc) is 3.22. The van der Waals surface area contributed by atoms with E-state index in [1.807, 2.05) is 30.3 Å². The minimum absolute atomic E-state index is 0.159. The molecule has 1 aromatic heterocycles. The molecule has 188 valence electrons. The van der Waals surface area contributed by atoms with Gasteiger partial charge in [0.15, 0.2) is 30.2 Å². The van der Waals surface area contributed by atoms with Gasteiger partial charge in [0, 0.05) is 27.7 Å². The third-order valence-corrected chi connectivity index (χ3v) is 4.98. The molecule has 0 radical (unpaired) electrons. The predicted octanol–water partition coefficient (Wildman–Crippen LogP) is 0.519. The number of hydrogen-bond acceptors (Lipinski definition) is 12. The number of carbonyl (C=O) groups excluding carboxylic acids is 4. The van der Waals surface area contributed by atoms with E-state index < -0.39 is 54.4 Å². The van der Waals surface area contributed by atoms with Crippen LogP contribution < -0.4 is 0 Å². The number of rotatable bonds is 8. The van der Waals surface area contributed by atoms with Crippen LogP contribution in [0.15, 0.2) is 30.3 Å². The number of ether oxygens (including phenoxy) is 5. The van der Waals surface area contributed by atoms with E-state index in [9.17, 15) is 19.2 Å². The summed E-state index contributed by atoms with van der Waals surface area (Å²) < 4.78 is 28.9. The second-order valence-electron chi connectivity index (χ2n) is 7.80. The molecular weight excluding hydrogens is 464 g/mol. The van der Waals surface area contributed by atoms with Crippen LogP contribution in [0.1, 0.15) is 45.2 Å². The van der Waals surface area contributed by atoms with Crippen LogP contribution in [0, 0.1) is 0 Å². The number of tetrazole rings is 1. The maximum absolute atomic E-state index is 12.0. The van der Waals surface area contributed by atoms with Crippen molar-refractivity contribution in [2.24, 2.45) is 0 Å². The second kappa shape index (κ2) is 11.5. The standard InChI is InChI=1S/C22H26N4O9/c1-12(27)31-11-17-18(32-13(2)28)19(33-14(3)29)20(34-15(4)30)21(35-17)22-23-24-25-26(22)10-16-8-6-5-7-9-16/h5-9,17-21H,10-11H2,1-4H3/t17-,18-,19+,20+,21-/m1/s1. The monoisotopic (exact) mass is 490 g/mol. The quantitative estimate of drug-likeness (QED) is 0.374. The maximum atomic E-state index is 12.0. The fourth-order valence-corrected chi connectivity index (χ4v) is 3.72. The van der Waals surface area contributed by atoms with Crippen molar-refractivity contribution in [1.29, 1.82) is 0 Å². The molecule has 13 nitrogen and oxygen atoms in total. The molecule has 2 heterocycles. The van der Waals surface area contributed by atoms with Gasteiger partial charge in [-0.15, -0.1) is 5.10 Å². The highest BCUT2D eigenvalue weighted by molar-refractivity contribution is 5.68. The summed E-state index contributed by atoms with van der Waals surface area (Å²) in [7, 11) is 0. The van der Waals surface area contributed by atoms with Crippen molar-refractivity contribution >= 4 is 23.9 Å². The van der Waals surface area contributed by atoms with Gasteiger partial charge in [-0.25, -0.2) is 4.68 Å². The number of hydrogen-bond donors (Lipinski definition) is 0. The lowest BCUT2D eigenvalue weighted by Crippen LogP contribution is -2.60. The highest BCUT2D eigenvalue weighted by atomic mass is 16.7. The molecule has 0 N–H and O–H groups in total. The molecule has 1 aliphatic rings. The van der Waals surface area contributed by atoms with Gasteiger partial charge in [0.25, 0.3) is 0 Å². The molecule has 0 bridgehead atoms. The van der Waals surface area contributed by atoms with E-state index in [0.717, 1.165) is 19.4 Å². The number of benzene rings is 1. The Morgan fingerprint density at radius 3 is 2.06 bits per heavy atom. The summed E-state index contributed by atoms with van der Waals surface area (Å²) in [5.41, 5.74) is 0.881. The van der Waals surface area contributed by atoms with Crippen LogP contribution in [0.4, 0.5) is 0 Å². The zero-order chi connectivity index (χ0) is 25.5. The van der Waals surface area contributed by atoms with E-state index >= 15 is 0 Å². The van der Waals surface area contributed by atoms with Crippen molar-refractivity contribution in [1.82, 2.24) is 20.2 Å². The number of aromatic nitrogens is 4. The molecule has 0 saturated carbocycles. The fourth-order valence-electron chi connectivity index (χ4n) is 3.72. The third-order valence-electron chi connectivity index (χ3n) is 4.98. The van der Waals surface area contributed by atoms with Crippen LogP contribution in [-0.2, 0) is 49.4 Å². The highest BCUT2D eigenvalue weighted by Gasteiger charge is 2.54. The van der Waals surface area contributed by atoms with Crippen molar-refractivity contribution in [3.8, 4) is 0 Å². The molecule has 0 spiro atoms. The van der Waals surface area contributed by atoms with Gasteiger partial charge < -0.3 is 23.7 Å². The number of carbonyl (C=O) groups is 4. The first-order valence-electron chi connectivity index (χ1n) is 10.8. The summed E-state index contributed by atoms with van der Waals surface area (Å²) in [5, 5.41) is 11.8. The van der Waals surface area contributed by atoms with Gasteiger partial charge in [0.05, 0.1) is 6.54 Å². The van der Waals surface area contributed by atoms with Crippen molar-refractivity contribution < 1.29 is 42.9 Å². The van der Waals surface area contributed by atoms with Gasteiger partial charge in [0.2, 0.25) is 0 Å². The SMILES string of the molecule is CC(=O)OC[C@H]1O[C@@H](c2nnnn2Cc2ccccc2)[C@@H](OC(C)=O)[C@@H](OC(C)=O)[C@@H]1OC(C)=O. The summed E-state index contributed by atoms with van der Waals surface area (Å²) >= 11 is 0. The summed E-state index contributed by atoms with van der Waals surface area (Å²) in [4.78, 5) is 47.3. The molecule has 2 aromatic rings. The molecule has 1 saturated heterocycles. The molecule has 1 aromatic carbocycles. The molecule has 3 rings (SSSR count). The maximum Gasteiger partial charge on any atom is 0.303 e. The molecular formula is C22H26N4O9. The second-order valence-corrected chi connectivity index (χ2v) is 7.80. The van der Waals surface area contributed by atoms with Crippen molar-refractivity contribution in [3.05, 3.63) is 41.7 Å². The summed E-state index contributed by atoms with van der Waals surface area (Å²) in [6, 6.07) is 9.32. The third kappa shape index (κ3) is 6.82. The van der Waals surface area contributed by atoms with Gasteiger partial charge in [-0.05, 0) is 16.0 Å². The zero-order valence-electron chi connectivity index (χ0n) is 19.7. The predicted molar refractivity (Wildman–Crippen MR) is 114 cm³/mol. The Balaban J connectivity index is 2.05. The molecule has 5 atom stereocenters. The van der Waals surface area contributed by atoms with Crippen LogP contribution >= 0.6 is 0 Å². The molecule has 1 aliphatic heterocycles. The summed E-state index contributed by atoms with van der Waals surface area (Å²) in [6.07, 6.45) is -6.09. The minimum Gasteiger partial charge on any atom is -0.463 e. The Kier molecular flexibility index (Phi) is 8.47. The number of nitrogens with zero attached hydrogens (tertiary/aromatic N) is 4. The van der Waals surface area contributed by atoms with Gasteiger partial charge in [-0.2, -0.15) is 0 Å². The average molecular weight is 490 g/mol. The van der Waals surface area contributed by atoms with E-state index in [0.29, 0.717) is 0 Å². The van der Waals surface area contributed by atoms with Crippen LogP contribution in [0.3, 0.4) is 0 Å². The molecule has 0 amide bonds. The summed E-state index contributed by atoms with van der Waals surface area (Å²) in [6.45, 7) is 4.60. The Bertz CT molecular complexity index is 1060. The van der Waals surface area contributed by atoms with Crippen molar-refractivity contribution in [3.63, 3.8) is 0 Å². The summed E-state index contributed by atoms with van der Waals surface area (Å²) in [5.74, 6) is -2.58. The van der Waals surface area contributed by atoms with Gasteiger partial charge in [-0.1, -0.05) is 30.3 Å². The Labute approximate surface area is 200 Å². The van der Waals surface area contributed by atoms with Crippen LogP contribution in [0.2, 0.25) is 0 Å². The molecule has 13 heteroatoms. The first-order chi connectivity index (χ1) is 16.7. The normalized spacial score (nSPS) is 23.7. The van der Waals surface area contributed by atoms with Crippen molar-refractivity contribution in [2.75, 3.05) is 6.61 Å². The van der Waals surface area contributed by atoms with Crippen LogP contribution in [0.5, 0.6) is 0 Å². The van der Waals surface area contributed by atoms with E-state index in [1.165, 1.54) is 18.5 Å². The number of esters is 4. The zero-order valence-corrected chi connectivity index (χ0v) is 19.7. The Hall–Kier alpha value is -3.87. The van der Waals surface area contributed by atoms with Gasteiger partial charge in [0.1, 0.15) is 12.7 Å².